The van der Waals surface area contributed by atoms with Crippen LogP contribution >= 0.6 is 0 Å². The fourth-order valence-electron chi connectivity index (χ4n) is 1.70. The minimum absolute atomic E-state index is 0.204. The van der Waals surface area contributed by atoms with Gasteiger partial charge in [0.1, 0.15) is 5.75 Å². The standard InChI is InChI=1S/C17H18N2O2/c1-2-6-17(20)21-16-11-9-14(10-12-16)13-18-19-15-7-4-3-5-8-15/h3-5,7-13,19H,2,6H2,1H3. The van der Waals surface area contributed by atoms with Crippen LogP contribution in [0, 0.1) is 0 Å². The van der Waals surface area contributed by atoms with Gasteiger partial charge in [-0.15, -0.1) is 0 Å². The van der Waals surface area contributed by atoms with Crippen LogP contribution in [0.5, 0.6) is 5.75 Å². The molecular formula is C17H18N2O2. The molecule has 21 heavy (non-hydrogen) atoms. The Bertz CT molecular complexity index is 592. The van der Waals surface area contributed by atoms with Crippen LogP contribution in [-0.4, -0.2) is 12.2 Å². The summed E-state index contributed by atoms with van der Waals surface area (Å²) in [5, 5.41) is 4.15. The van der Waals surface area contributed by atoms with Crippen LogP contribution in [0.25, 0.3) is 0 Å². The summed E-state index contributed by atoms with van der Waals surface area (Å²) in [6.07, 6.45) is 2.93. The number of carbonyl (C=O) groups excluding carboxylic acids is 1. The summed E-state index contributed by atoms with van der Waals surface area (Å²) in [6.45, 7) is 1.94. The molecule has 0 unspecified atom stereocenters. The third kappa shape index (κ3) is 5.10. The summed E-state index contributed by atoms with van der Waals surface area (Å²) in [5.74, 6) is 0.353. The van der Waals surface area contributed by atoms with E-state index in [9.17, 15) is 4.79 Å². The number of carbonyl (C=O) groups is 1. The number of hydrogen-bond acceptors (Lipinski definition) is 4. The minimum Gasteiger partial charge on any atom is -0.427 e. The van der Waals surface area contributed by atoms with E-state index in [0.29, 0.717) is 12.2 Å². The Hall–Kier alpha value is -2.62. The highest BCUT2D eigenvalue weighted by Crippen LogP contribution is 2.12. The average Bonchev–Trinajstić information content (AvgIpc) is 2.50. The van der Waals surface area contributed by atoms with Crippen molar-refractivity contribution in [2.75, 3.05) is 5.43 Å². The van der Waals surface area contributed by atoms with Gasteiger partial charge in [0.05, 0.1) is 11.9 Å². The van der Waals surface area contributed by atoms with Crippen molar-refractivity contribution in [3.05, 3.63) is 60.2 Å². The monoisotopic (exact) mass is 282 g/mol. The molecule has 0 heterocycles. The second kappa shape index (κ2) is 7.85. The van der Waals surface area contributed by atoms with Crippen LogP contribution in [0.4, 0.5) is 5.69 Å². The fraction of sp³-hybridized carbons (Fsp3) is 0.176. The van der Waals surface area contributed by atoms with Gasteiger partial charge >= 0.3 is 5.97 Å². The Morgan fingerprint density at radius 1 is 1.14 bits per heavy atom. The molecule has 2 aromatic carbocycles. The molecule has 4 heteroatoms. The van der Waals surface area contributed by atoms with Gasteiger partial charge in [0.15, 0.2) is 0 Å². The molecule has 0 atom stereocenters. The zero-order chi connectivity index (χ0) is 14.9. The van der Waals surface area contributed by atoms with Crippen molar-refractivity contribution >= 4 is 17.9 Å². The van der Waals surface area contributed by atoms with Crippen molar-refractivity contribution in [1.29, 1.82) is 0 Å². The van der Waals surface area contributed by atoms with Crippen LogP contribution < -0.4 is 10.2 Å². The van der Waals surface area contributed by atoms with Gasteiger partial charge in [-0.3, -0.25) is 10.2 Å². The Labute approximate surface area is 124 Å². The van der Waals surface area contributed by atoms with E-state index in [1.807, 2.05) is 49.4 Å². The molecule has 1 N–H and O–H groups in total. The lowest BCUT2D eigenvalue weighted by Gasteiger charge is -2.03. The van der Waals surface area contributed by atoms with E-state index >= 15 is 0 Å². The van der Waals surface area contributed by atoms with Gasteiger partial charge in [0.25, 0.3) is 0 Å². The zero-order valence-electron chi connectivity index (χ0n) is 12.0. The van der Waals surface area contributed by atoms with Crippen LogP contribution in [0.3, 0.4) is 0 Å². The number of hydrogen-bond donors (Lipinski definition) is 1. The first-order chi connectivity index (χ1) is 10.3. The van der Waals surface area contributed by atoms with Gasteiger partial charge in [-0.05, 0) is 48.4 Å². The number of rotatable bonds is 6. The van der Waals surface area contributed by atoms with Crippen molar-refractivity contribution in [2.45, 2.75) is 19.8 Å². The molecule has 0 saturated carbocycles. The molecule has 0 aliphatic carbocycles. The van der Waals surface area contributed by atoms with E-state index < -0.39 is 0 Å². The van der Waals surface area contributed by atoms with Crippen LogP contribution in [0.1, 0.15) is 25.3 Å². The normalized spacial score (nSPS) is 10.5. The van der Waals surface area contributed by atoms with E-state index in [4.69, 9.17) is 4.74 Å². The molecule has 0 spiro atoms. The highest BCUT2D eigenvalue weighted by atomic mass is 16.5. The Morgan fingerprint density at radius 2 is 1.86 bits per heavy atom. The van der Waals surface area contributed by atoms with Crippen molar-refractivity contribution in [3.63, 3.8) is 0 Å². The number of nitrogens with one attached hydrogen (secondary N) is 1. The third-order valence-corrected chi connectivity index (χ3v) is 2.75. The number of ether oxygens (including phenoxy) is 1. The largest absolute Gasteiger partial charge is 0.427 e. The summed E-state index contributed by atoms with van der Waals surface area (Å²) in [6, 6.07) is 16.9. The highest BCUT2D eigenvalue weighted by Gasteiger charge is 2.02. The second-order valence-electron chi connectivity index (χ2n) is 4.53. The van der Waals surface area contributed by atoms with Crippen LogP contribution in [0.2, 0.25) is 0 Å². The van der Waals surface area contributed by atoms with E-state index in [-0.39, 0.29) is 5.97 Å². The molecule has 0 bridgehead atoms. The maximum atomic E-state index is 11.4. The minimum atomic E-state index is -0.204. The van der Waals surface area contributed by atoms with Gasteiger partial charge in [0, 0.05) is 6.42 Å². The average molecular weight is 282 g/mol. The number of esters is 1. The first-order valence-electron chi connectivity index (χ1n) is 6.93. The lowest BCUT2D eigenvalue weighted by Crippen LogP contribution is -2.06. The van der Waals surface area contributed by atoms with E-state index in [1.165, 1.54) is 0 Å². The summed E-state index contributed by atoms with van der Waals surface area (Å²) >= 11 is 0. The molecule has 0 saturated heterocycles. The summed E-state index contributed by atoms with van der Waals surface area (Å²) in [5.41, 5.74) is 4.80. The quantitative estimate of drug-likeness (QED) is 0.379. The van der Waals surface area contributed by atoms with Gasteiger partial charge in [0.2, 0.25) is 0 Å². The highest BCUT2D eigenvalue weighted by molar-refractivity contribution is 5.80. The lowest BCUT2D eigenvalue weighted by molar-refractivity contribution is -0.134. The molecule has 0 fully saturated rings. The van der Waals surface area contributed by atoms with Crippen molar-refractivity contribution in [2.24, 2.45) is 5.10 Å². The SMILES string of the molecule is CCCC(=O)Oc1ccc(C=NNc2ccccc2)cc1. The van der Waals surface area contributed by atoms with Gasteiger partial charge in [-0.25, -0.2) is 0 Å². The molecule has 0 amide bonds. The van der Waals surface area contributed by atoms with E-state index in [1.54, 1.807) is 18.3 Å². The lowest BCUT2D eigenvalue weighted by atomic mass is 10.2. The maximum Gasteiger partial charge on any atom is 0.311 e. The number of hydrazone groups is 1. The first kappa shape index (κ1) is 14.8. The number of para-hydroxylation sites is 1. The molecule has 2 rings (SSSR count). The van der Waals surface area contributed by atoms with Crippen molar-refractivity contribution in [1.82, 2.24) is 0 Å². The molecule has 0 aliphatic rings. The van der Waals surface area contributed by atoms with E-state index in [2.05, 4.69) is 10.5 Å². The van der Waals surface area contributed by atoms with Gasteiger partial charge in [-0.2, -0.15) is 5.10 Å². The number of anilines is 1. The van der Waals surface area contributed by atoms with Gasteiger partial charge < -0.3 is 4.74 Å². The zero-order valence-corrected chi connectivity index (χ0v) is 12.0. The first-order valence-corrected chi connectivity index (χ1v) is 6.93. The topological polar surface area (TPSA) is 50.7 Å². The third-order valence-electron chi connectivity index (χ3n) is 2.75. The van der Waals surface area contributed by atoms with E-state index in [0.717, 1.165) is 17.7 Å². The molecule has 108 valence electrons. The maximum absolute atomic E-state index is 11.4. The van der Waals surface area contributed by atoms with Crippen molar-refractivity contribution < 1.29 is 9.53 Å². The summed E-state index contributed by atoms with van der Waals surface area (Å²) < 4.78 is 5.18. The summed E-state index contributed by atoms with van der Waals surface area (Å²) in [7, 11) is 0. The second-order valence-corrected chi connectivity index (χ2v) is 4.53. The summed E-state index contributed by atoms with van der Waals surface area (Å²) in [4.78, 5) is 11.4. The Kier molecular flexibility index (Phi) is 5.52. The molecule has 4 nitrogen and oxygen atoms in total. The van der Waals surface area contributed by atoms with Gasteiger partial charge in [-0.1, -0.05) is 25.1 Å². The molecule has 0 aliphatic heterocycles. The molecular weight excluding hydrogens is 264 g/mol. The molecule has 0 aromatic heterocycles. The fourth-order valence-corrected chi connectivity index (χ4v) is 1.70. The number of nitrogens with zero attached hydrogens (tertiary/aromatic N) is 1. The Morgan fingerprint density at radius 3 is 2.52 bits per heavy atom. The van der Waals surface area contributed by atoms with Crippen LogP contribution in [0.15, 0.2) is 59.7 Å². The van der Waals surface area contributed by atoms with Crippen molar-refractivity contribution in [3.8, 4) is 5.75 Å². The molecule has 0 radical (unpaired) electrons. The predicted octanol–water partition coefficient (Wildman–Crippen LogP) is 3.84. The Balaban J connectivity index is 1.88. The molecule has 2 aromatic rings. The number of benzene rings is 2. The predicted molar refractivity (Wildman–Crippen MR) is 84.6 cm³/mol. The van der Waals surface area contributed by atoms with Crippen LogP contribution in [-0.2, 0) is 4.79 Å². The smallest absolute Gasteiger partial charge is 0.311 e.